The van der Waals surface area contributed by atoms with Crippen LogP contribution in [-0.2, 0) is 0 Å². The largest absolute Gasteiger partial charge is 0.0590 e. The summed E-state index contributed by atoms with van der Waals surface area (Å²) in [4.78, 5) is 0. The maximum Gasteiger partial charge on any atom is 0.00610 e. The molecule has 92 valence electrons. The van der Waals surface area contributed by atoms with E-state index in [1.807, 2.05) is 0 Å². The molecule has 2 aromatic carbocycles. The van der Waals surface area contributed by atoms with Crippen LogP contribution in [0.1, 0.15) is 53.9 Å². The molecule has 0 radical (unpaired) electrons. The van der Waals surface area contributed by atoms with Gasteiger partial charge >= 0.3 is 0 Å². The first-order chi connectivity index (χ1) is 8.74. The average Bonchev–Trinajstić information content (AvgIpc) is 3.23. The van der Waals surface area contributed by atoms with E-state index in [0.29, 0.717) is 5.92 Å². The van der Waals surface area contributed by atoms with E-state index in [1.54, 1.807) is 0 Å². The molecule has 2 aromatic rings. The normalized spacial score (nSPS) is 16.6. The van der Waals surface area contributed by atoms with Crippen molar-refractivity contribution in [3.05, 3.63) is 70.8 Å². The average molecular weight is 236 g/mol. The Morgan fingerprint density at radius 3 is 1.83 bits per heavy atom. The monoisotopic (exact) mass is 236 g/mol. The van der Waals surface area contributed by atoms with Crippen LogP contribution < -0.4 is 0 Å². The fourth-order valence-corrected chi connectivity index (χ4v) is 2.52. The van der Waals surface area contributed by atoms with Crippen LogP contribution in [0.4, 0.5) is 0 Å². The summed E-state index contributed by atoms with van der Waals surface area (Å²) in [6.45, 7) is 4.43. The zero-order valence-corrected chi connectivity index (χ0v) is 11.2. The fraction of sp³-hybridized carbons (Fsp3) is 0.333. The molecule has 1 fully saturated rings. The van der Waals surface area contributed by atoms with Crippen molar-refractivity contribution in [2.24, 2.45) is 0 Å². The lowest BCUT2D eigenvalue weighted by molar-refractivity contribution is 0.918. The molecule has 1 atom stereocenters. The standard InChI is InChI=1S/C18H20/c1-13-3-5-15(6-4-13)14(2)16-7-9-17(10-8-16)18-11-12-18/h3-10,14,18H,11-12H2,1-2H3. The van der Waals surface area contributed by atoms with Gasteiger partial charge in [0.05, 0.1) is 0 Å². The fourth-order valence-electron chi connectivity index (χ4n) is 2.52. The number of rotatable bonds is 3. The number of benzene rings is 2. The molecule has 0 heterocycles. The van der Waals surface area contributed by atoms with Crippen molar-refractivity contribution in [3.8, 4) is 0 Å². The second-order valence-electron chi connectivity index (χ2n) is 5.57. The molecule has 3 rings (SSSR count). The van der Waals surface area contributed by atoms with Crippen LogP contribution >= 0.6 is 0 Å². The first-order valence-corrected chi connectivity index (χ1v) is 6.90. The lowest BCUT2D eigenvalue weighted by Crippen LogP contribution is -1.96. The van der Waals surface area contributed by atoms with Gasteiger partial charge in [0.2, 0.25) is 0 Å². The minimum atomic E-state index is 0.485. The third kappa shape index (κ3) is 2.33. The van der Waals surface area contributed by atoms with Gasteiger partial charge in [0.15, 0.2) is 0 Å². The molecule has 0 bridgehead atoms. The third-order valence-corrected chi connectivity index (χ3v) is 4.06. The van der Waals surface area contributed by atoms with E-state index < -0.39 is 0 Å². The summed E-state index contributed by atoms with van der Waals surface area (Å²) in [7, 11) is 0. The van der Waals surface area contributed by atoms with Gasteiger partial charge in [-0.1, -0.05) is 61.0 Å². The topological polar surface area (TPSA) is 0 Å². The van der Waals surface area contributed by atoms with Crippen molar-refractivity contribution in [3.63, 3.8) is 0 Å². The van der Waals surface area contributed by atoms with Crippen LogP contribution in [0, 0.1) is 6.92 Å². The van der Waals surface area contributed by atoms with Crippen LogP contribution in [0.3, 0.4) is 0 Å². The molecule has 1 saturated carbocycles. The van der Waals surface area contributed by atoms with E-state index in [4.69, 9.17) is 0 Å². The molecule has 0 nitrogen and oxygen atoms in total. The molecule has 0 saturated heterocycles. The Hall–Kier alpha value is -1.56. The first kappa shape index (κ1) is 11.5. The van der Waals surface area contributed by atoms with Gasteiger partial charge in [0.1, 0.15) is 0 Å². The molecule has 0 spiro atoms. The highest BCUT2D eigenvalue weighted by Crippen LogP contribution is 2.40. The molecule has 1 aliphatic carbocycles. The van der Waals surface area contributed by atoms with Gasteiger partial charge in [0, 0.05) is 5.92 Å². The summed E-state index contributed by atoms with van der Waals surface area (Å²) in [5.74, 6) is 1.34. The Kier molecular flexibility index (Phi) is 2.95. The van der Waals surface area contributed by atoms with Gasteiger partial charge in [-0.15, -0.1) is 0 Å². The Morgan fingerprint density at radius 2 is 1.33 bits per heavy atom. The number of hydrogen-bond acceptors (Lipinski definition) is 0. The lowest BCUT2D eigenvalue weighted by atomic mass is 9.92. The summed E-state index contributed by atoms with van der Waals surface area (Å²) in [6.07, 6.45) is 2.76. The number of hydrogen-bond donors (Lipinski definition) is 0. The van der Waals surface area contributed by atoms with E-state index >= 15 is 0 Å². The maximum atomic E-state index is 2.32. The van der Waals surface area contributed by atoms with Crippen LogP contribution in [0.25, 0.3) is 0 Å². The minimum Gasteiger partial charge on any atom is -0.0590 e. The molecule has 0 amide bonds. The van der Waals surface area contributed by atoms with Gasteiger partial charge < -0.3 is 0 Å². The van der Waals surface area contributed by atoms with Crippen molar-refractivity contribution in [2.75, 3.05) is 0 Å². The molecular formula is C18H20. The molecule has 0 aromatic heterocycles. The smallest absolute Gasteiger partial charge is 0.00610 e. The summed E-state index contributed by atoms with van der Waals surface area (Å²) < 4.78 is 0. The molecule has 1 unspecified atom stereocenters. The van der Waals surface area contributed by atoms with Crippen LogP contribution in [0.15, 0.2) is 48.5 Å². The summed E-state index contributed by atoms with van der Waals surface area (Å²) in [6, 6.07) is 18.1. The highest BCUT2D eigenvalue weighted by molar-refractivity contribution is 5.36. The summed E-state index contributed by atoms with van der Waals surface area (Å²) in [5.41, 5.74) is 5.67. The lowest BCUT2D eigenvalue weighted by Gasteiger charge is -2.13. The molecule has 1 aliphatic rings. The summed E-state index contributed by atoms with van der Waals surface area (Å²) in [5, 5.41) is 0. The molecule has 0 aliphatic heterocycles. The Morgan fingerprint density at radius 1 is 0.833 bits per heavy atom. The molecule has 0 heteroatoms. The Balaban J connectivity index is 1.82. The van der Waals surface area contributed by atoms with E-state index in [-0.39, 0.29) is 0 Å². The van der Waals surface area contributed by atoms with Gasteiger partial charge in [-0.3, -0.25) is 0 Å². The third-order valence-electron chi connectivity index (χ3n) is 4.06. The molecular weight excluding hydrogens is 216 g/mol. The van der Waals surface area contributed by atoms with Crippen LogP contribution in [0.2, 0.25) is 0 Å². The van der Waals surface area contributed by atoms with E-state index in [2.05, 4.69) is 62.4 Å². The Labute approximate surface area is 110 Å². The molecule has 18 heavy (non-hydrogen) atoms. The number of aryl methyl sites for hydroxylation is 1. The van der Waals surface area contributed by atoms with Crippen molar-refractivity contribution in [1.82, 2.24) is 0 Å². The van der Waals surface area contributed by atoms with Crippen LogP contribution in [-0.4, -0.2) is 0 Å². The zero-order chi connectivity index (χ0) is 12.5. The van der Waals surface area contributed by atoms with Gasteiger partial charge in [-0.25, -0.2) is 0 Å². The molecule has 0 N–H and O–H groups in total. The van der Waals surface area contributed by atoms with E-state index in [9.17, 15) is 0 Å². The van der Waals surface area contributed by atoms with Crippen molar-refractivity contribution in [2.45, 2.75) is 38.5 Å². The van der Waals surface area contributed by atoms with Crippen molar-refractivity contribution in [1.29, 1.82) is 0 Å². The first-order valence-electron chi connectivity index (χ1n) is 6.90. The van der Waals surface area contributed by atoms with Gasteiger partial charge in [-0.05, 0) is 42.4 Å². The SMILES string of the molecule is Cc1ccc(C(C)c2ccc(C3CC3)cc2)cc1. The predicted octanol–water partition coefficient (Wildman–Crippen LogP) is 5.02. The highest BCUT2D eigenvalue weighted by Gasteiger charge is 2.23. The van der Waals surface area contributed by atoms with Crippen LogP contribution in [0.5, 0.6) is 0 Å². The predicted molar refractivity (Wildman–Crippen MR) is 77.1 cm³/mol. The highest BCUT2D eigenvalue weighted by atomic mass is 14.3. The summed E-state index contributed by atoms with van der Waals surface area (Å²) >= 11 is 0. The zero-order valence-electron chi connectivity index (χ0n) is 11.2. The van der Waals surface area contributed by atoms with Crippen molar-refractivity contribution < 1.29 is 0 Å². The van der Waals surface area contributed by atoms with Gasteiger partial charge in [-0.2, -0.15) is 0 Å². The second kappa shape index (κ2) is 4.61. The van der Waals surface area contributed by atoms with Gasteiger partial charge in [0.25, 0.3) is 0 Å². The maximum absolute atomic E-state index is 2.32. The second-order valence-corrected chi connectivity index (χ2v) is 5.57. The Bertz CT molecular complexity index is 515. The quantitative estimate of drug-likeness (QED) is 0.701. The van der Waals surface area contributed by atoms with Crippen molar-refractivity contribution >= 4 is 0 Å². The minimum absolute atomic E-state index is 0.485. The van der Waals surface area contributed by atoms with E-state index in [0.717, 1.165) is 5.92 Å². The van der Waals surface area contributed by atoms with E-state index in [1.165, 1.54) is 35.1 Å².